The van der Waals surface area contributed by atoms with E-state index in [0.29, 0.717) is 24.8 Å². The zero-order chi connectivity index (χ0) is 16.7. The Morgan fingerprint density at radius 3 is 2.50 bits per heavy atom. The smallest absolute Gasteiger partial charge is 0.469 e. The third-order valence-corrected chi connectivity index (χ3v) is 4.97. The summed E-state index contributed by atoms with van der Waals surface area (Å²) in [6, 6.07) is 0. The maximum atomic E-state index is 12.1. The third-order valence-electron chi connectivity index (χ3n) is 4.45. The highest BCUT2D eigenvalue weighted by atomic mass is 31.2. The van der Waals surface area contributed by atoms with Gasteiger partial charge in [-0.3, -0.25) is 4.52 Å². The third kappa shape index (κ3) is 3.46. The fraction of sp³-hybridized carbons (Fsp3) is 0.600. The lowest BCUT2D eigenvalue weighted by molar-refractivity contribution is -0.270. The van der Waals surface area contributed by atoms with Crippen LogP contribution in [0.5, 0.6) is 11.5 Å². The first-order valence-corrected chi connectivity index (χ1v) is 8.76. The standard InChI is InChI=1S/C15H23O6P/c1-9-10(2)14-12(11(3)13(9)16)5-6-15(4,21-14)7-8-20-22(17,18)19/h16H,5-8H2,1-4H3,(H2,17,18,19)/p-1. The van der Waals surface area contributed by atoms with Crippen LogP contribution in [0.4, 0.5) is 0 Å². The average molecular weight is 329 g/mol. The summed E-state index contributed by atoms with van der Waals surface area (Å²) in [6.45, 7) is 7.29. The van der Waals surface area contributed by atoms with Gasteiger partial charge in [-0.15, -0.1) is 5.75 Å². The molecule has 1 unspecified atom stereocenters. The molecule has 2 rings (SSSR count). The molecule has 1 aromatic rings. The Labute approximate surface area is 130 Å². The van der Waals surface area contributed by atoms with Crippen molar-refractivity contribution in [2.45, 2.75) is 52.6 Å². The molecule has 0 fully saturated rings. The van der Waals surface area contributed by atoms with E-state index in [2.05, 4.69) is 4.52 Å². The molecule has 1 aliphatic rings. The predicted octanol–water partition coefficient (Wildman–Crippen LogP) is 2.27. The van der Waals surface area contributed by atoms with Gasteiger partial charge in [-0.05, 0) is 51.7 Å². The molecule has 1 aromatic carbocycles. The van der Waals surface area contributed by atoms with Gasteiger partial charge >= 0.3 is 7.82 Å². The van der Waals surface area contributed by atoms with Crippen LogP contribution in [0.3, 0.4) is 0 Å². The topological polar surface area (TPSA) is 99.1 Å². The first kappa shape index (κ1) is 17.3. The number of phosphoric acid groups is 1. The monoisotopic (exact) mass is 329 g/mol. The number of benzene rings is 1. The first-order valence-electron chi connectivity index (χ1n) is 7.23. The van der Waals surface area contributed by atoms with Crippen LogP contribution >= 0.6 is 7.82 Å². The molecule has 0 saturated carbocycles. The van der Waals surface area contributed by atoms with Crippen LogP contribution in [-0.2, 0) is 15.5 Å². The van der Waals surface area contributed by atoms with Crippen LogP contribution in [0, 0.1) is 20.8 Å². The molecule has 6 nitrogen and oxygen atoms in total. The summed E-state index contributed by atoms with van der Waals surface area (Å²) in [5.41, 5.74) is 2.64. The Balaban J connectivity index is 2.22. The summed E-state index contributed by atoms with van der Waals surface area (Å²) in [4.78, 5) is 17.5. The van der Waals surface area contributed by atoms with Crippen molar-refractivity contribution >= 4 is 7.82 Å². The average Bonchev–Trinajstić information content (AvgIpc) is 2.41. The summed E-state index contributed by atoms with van der Waals surface area (Å²) in [6.07, 6.45) is 1.76. The molecule has 7 heteroatoms. The molecule has 0 radical (unpaired) electrons. The molecule has 2 N–H and O–H groups in total. The quantitative estimate of drug-likeness (QED) is 0.822. The Hall–Kier alpha value is -1.07. The van der Waals surface area contributed by atoms with E-state index in [4.69, 9.17) is 14.5 Å². The summed E-state index contributed by atoms with van der Waals surface area (Å²) in [7, 11) is -4.46. The fourth-order valence-corrected chi connectivity index (χ4v) is 3.17. The molecule has 0 aliphatic carbocycles. The molecule has 22 heavy (non-hydrogen) atoms. The molecule has 0 saturated heterocycles. The SMILES string of the molecule is Cc1c(C)c2c(c(C)c1[O-])CCC(C)(CCOP(=O)(O)O)O2. The van der Waals surface area contributed by atoms with Gasteiger partial charge in [0.25, 0.3) is 0 Å². The van der Waals surface area contributed by atoms with E-state index in [-0.39, 0.29) is 12.4 Å². The predicted molar refractivity (Wildman–Crippen MR) is 80.1 cm³/mol. The summed E-state index contributed by atoms with van der Waals surface area (Å²) >= 11 is 0. The molecular weight excluding hydrogens is 307 g/mol. The zero-order valence-corrected chi connectivity index (χ0v) is 14.2. The van der Waals surface area contributed by atoms with Crippen molar-refractivity contribution in [3.8, 4) is 11.5 Å². The molecule has 0 amide bonds. The van der Waals surface area contributed by atoms with E-state index >= 15 is 0 Å². The maximum Gasteiger partial charge on any atom is 0.469 e. The van der Waals surface area contributed by atoms with E-state index in [9.17, 15) is 9.67 Å². The van der Waals surface area contributed by atoms with Gasteiger partial charge in [0, 0.05) is 6.42 Å². The zero-order valence-electron chi connectivity index (χ0n) is 13.3. The van der Waals surface area contributed by atoms with E-state index in [0.717, 1.165) is 22.4 Å². The normalized spacial score (nSPS) is 21.4. The van der Waals surface area contributed by atoms with E-state index < -0.39 is 13.4 Å². The van der Waals surface area contributed by atoms with Gasteiger partial charge in [0.1, 0.15) is 11.4 Å². The van der Waals surface area contributed by atoms with Crippen molar-refractivity contribution in [1.82, 2.24) is 0 Å². The van der Waals surface area contributed by atoms with E-state index in [1.54, 1.807) is 6.92 Å². The second-order valence-electron chi connectivity index (χ2n) is 6.14. The molecular formula is C15H22O6P-. The van der Waals surface area contributed by atoms with Crippen LogP contribution < -0.4 is 9.84 Å². The highest BCUT2D eigenvalue weighted by molar-refractivity contribution is 7.46. The lowest BCUT2D eigenvalue weighted by atomic mass is 9.86. The minimum Gasteiger partial charge on any atom is -0.872 e. The van der Waals surface area contributed by atoms with Gasteiger partial charge in [-0.25, -0.2) is 4.57 Å². The highest BCUT2D eigenvalue weighted by Gasteiger charge is 2.34. The Bertz CT molecular complexity index is 636. The summed E-state index contributed by atoms with van der Waals surface area (Å²) in [5, 5.41) is 12.1. The second-order valence-corrected chi connectivity index (χ2v) is 7.38. The minimum absolute atomic E-state index is 0.0632. The van der Waals surface area contributed by atoms with Crippen LogP contribution in [0.1, 0.15) is 42.0 Å². The van der Waals surface area contributed by atoms with Crippen molar-refractivity contribution in [2.24, 2.45) is 0 Å². The lowest BCUT2D eigenvalue weighted by Gasteiger charge is -2.39. The molecule has 1 heterocycles. The van der Waals surface area contributed by atoms with Crippen molar-refractivity contribution in [2.75, 3.05) is 6.61 Å². The number of phosphoric ester groups is 1. The summed E-state index contributed by atoms with van der Waals surface area (Å²) < 4.78 is 21.4. The number of hydrogen-bond donors (Lipinski definition) is 2. The molecule has 1 atom stereocenters. The first-order chi connectivity index (χ1) is 10.0. The molecule has 1 aliphatic heterocycles. The van der Waals surface area contributed by atoms with Gasteiger partial charge in [-0.2, -0.15) is 0 Å². The van der Waals surface area contributed by atoms with Gasteiger partial charge in [0.15, 0.2) is 0 Å². The van der Waals surface area contributed by atoms with E-state index in [1.807, 2.05) is 20.8 Å². The lowest BCUT2D eigenvalue weighted by Crippen LogP contribution is -2.38. The molecule has 0 aromatic heterocycles. The van der Waals surface area contributed by atoms with Gasteiger partial charge in [0.05, 0.1) is 6.61 Å². The van der Waals surface area contributed by atoms with Crippen molar-refractivity contribution in [1.29, 1.82) is 0 Å². The van der Waals surface area contributed by atoms with Crippen LogP contribution in [-0.4, -0.2) is 22.0 Å². The molecule has 0 spiro atoms. The Morgan fingerprint density at radius 2 is 1.91 bits per heavy atom. The number of rotatable bonds is 4. The molecule has 124 valence electrons. The Morgan fingerprint density at radius 1 is 1.27 bits per heavy atom. The van der Waals surface area contributed by atoms with Crippen LogP contribution in [0.25, 0.3) is 0 Å². The van der Waals surface area contributed by atoms with Crippen molar-refractivity contribution in [3.05, 3.63) is 22.3 Å². The van der Waals surface area contributed by atoms with Crippen molar-refractivity contribution in [3.63, 3.8) is 0 Å². The maximum absolute atomic E-state index is 12.1. The number of fused-ring (bicyclic) bond motifs is 1. The van der Waals surface area contributed by atoms with Crippen molar-refractivity contribution < 1.29 is 28.7 Å². The van der Waals surface area contributed by atoms with Crippen LogP contribution in [0.15, 0.2) is 0 Å². The highest BCUT2D eigenvalue weighted by Crippen LogP contribution is 2.44. The van der Waals surface area contributed by atoms with Crippen LogP contribution in [0.2, 0.25) is 0 Å². The number of hydrogen-bond acceptors (Lipinski definition) is 4. The largest absolute Gasteiger partial charge is 0.872 e. The van der Waals surface area contributed by atoms with Gasteiger partial charge < -0.3 is 19.6 Å². The number of ether oxygens (including phenoxy) is 1. The fourth-order valence-electron chi connectivity index (χ4n) is 2.84. The minimum atomic E-state index is -4.46. The second kappa shape index (κ2) is 5.85. The van der Waals surface area contributed by atoms with Gasteiger partial charge in [-0.1, -0.05) is 11.1 Å². The van der Waals surface area contributed by atoms with Gasteiger partial charge in [0.2, 0.25) is 0 Å². The Kier molecular flexibility index (Phi) is 4.60. The molecule has 0 bridgehead atoms. The summed E-state index contributed by atoms with van der Waals surface area (Å²) in [5.74, 6) is 0.799. The van der Waals surface area contributed by atoms with E-state index in [1.165, 1.54) is 0 Å².